The molecule has 2 aromatic carbocycles. The zero-order chi connectivity index (χ0) is 18.7. The van der Waals surface area contributed by atoms with Gasteiger partial charge in [-0.1, -0.05) is 18.2 Å². The summed E-state index contributed by atoms with van der Waals surface area (Å²) >= 11 is 0. The molecule has 0 fully saturated rings. The van der Waals surface area contributed by atoms with Crippen molar-refractivity contribution < 1.29 is 13.0 Å². The van der Waals surface area contributed by atoms with E-state index in [0.717, 1.165) is 0 Å². The van der Waals surface area contributed by atoms with Crippen molar-refractivity contribution >= 4 is 22.0 Å². The summed E-state index contributed by atoms with van der Waals surface area (Å²) in [6.07, 6.45) is 1.39. The Labute approximate surface area is 149 Å². The van der Waals surface area contributed by atoms with E-state index in [1.54, 1.807) is 6.92 Å². The predicted octanol–water partition coefficient (Wildman–Crippen LogP) is 2.17. The first-order chi connectivity index (χ1) is 12.4. The molecule has 0 atom stereocenters. The fourth-order valence-electron chi connectivity index (χ4n) is 2.34. The number of aromatic nitrogens is 2. The molecule has 3 rings (SSSR count). The molecule has 0 unspecified atom stereocenters. The van der Waals surface area contributed by atoms with Crippen molar-refractivity contribution in [2.75, 3.05) is 5.43 Å². The minimum Gasteiger partial charge on any atom is -0.295 e. The number of hydrazone groups is 1. The minimum absolute atomic E-state index is 0.209. The largest absolute Gasteiger partial charge is 0.295 e. The molecule has 26 heavy (non-hydrogen) atoms. The highest BCUT2D eigenvalue weighted by atomic mass is 32.2. The van der Waals surface area contributed by atoms with Gasteiger partial charge >= 0.3 is 0 Å². The van der Waals surface area contributed by atoms with Crippen LogP contribution in [-0.4, -0.2) is 29.0 Å². The van der Waals surface area contributed by atoms with Crippen LogP contribution in [0.25, 0.3) is 5.69 Å². The average molecular weight is 372 g/mol. The molecule has 8 nitrogen and oxygen atoms in total. The fourth-order valence-corrected chi connectivity index (χ4v) is 2.82. The van der Waals surface area contributed by atoms with Crippen LogP contribution in [0.4, 0.5) is 5.69 Å². The van der Waals surface area contributed by atoms with Gasteiger partial charge in [-0.2, -0.15) is 13.5 Å². The summed E-state index contributed by atoms with van der Waals surface area (Å²) in [6.45, 7) is 1.77. The second-order valence-corrected chi connectivity index (χ2v) is 6.92. The van der Waals surface area contributed by atoms with Crippen molar-refractivity contribution in [3.63, 3.8) is 0 Å². The SMILES string of the molecule is Cc1[nH]n(-c2ccccc2)c(=O)c1/C=N/Nc1ccc(S(=O)(=O)O)cc1. The van der Waals surface area contributed by atoms with Gasteiger partial charge in [0, 0.05) is 5.69 Å². The van der Waals surface area contributed by atoms with Crippen LogP contribution in [0.3, 0.4) is 0 Å². The van der Waals surface area contributed by atoms with E-state index in [1.165, 1.54) is 35.2 Å². The lowest BCUT2D eigenvalue weighted by molar-refractivity contribution is 0.483. The van der Waals surface area contributed by atoms with Gasteiger partial charge in [-0.3, -0.25) is 19.9 Å². The molecule has 3 aromatic rings. The van der Waals surface area contributed by atoms with Crippen molar-refractivity contribution in [3.05, 3.63) is 76.2 Å². The molecule has 0 aliphatic carbocycles. The molecular weight excluding hydrogens is 356 g/mol. The maximum Gasteiger partial charge on any atom is 0.294 e. The van der Waals surface area contributed by atoms with Crippen LogP contribution in [0.1, 0.15) is 11.3 Å². The van der Waals surface area contributed by atoms with E-state index in [2.05, 4.69) is 15.6 Å². The van der Waals surface area contributed by atoms with E-state index in [9.17, 15) is 13.2 Å². The second kappa shape index (κ2) is 6.98. The van der Waals surface area contributed by atoms with Crippen molar-refractivity contribution in [1.29, 1.82) is 0 Å². The number of rotatable bonds is 5. The number of H-pyrrole nitrogens is 1. The average Bonchev–Trinajstić information content (AvgIpc) is 2.90. The number of aryl methyl sites for hydroxylation is 1. The lowest BCUT2D eigenvalue weighted by Crippen LogP contribution is -2.17. The summed E-state index contributed by atoms with van der Waals surface area (Å²) in [7, 11) is -4.23. The molecule has 0 saturated carbocycles. The van der Waals surface area contributed by atoms with E-state index >= 15 is 0 Å². The van der Waals surface area contributed by atoms with Crippen LogP contribution < -0.4 is 11.0 Å². The Balaban J connectivity index is 1.79. The number of aromatic amines is 1. The summed E-state index contributed by atoms with van der Waals surface area (Å²) < 4.78 is 32.4. The van der Waals surface area contributed by atoms with E-state index in [-0.39, 0.29) is 10.5 Å². The summed E-state index contributed by atoms with van der Waals surface area (Å²) in [5.41, 5.74) is 4.75. The number of nitrogens with zero attached hydrogens (tertiary/aromatic N) is 2. The zero-order valence-electron chi connectivity index (χ0n) is 13.7. The van der Waals surface area contributed by atoms with Gasteiger partial charge in [-0.05, 0) is 43.3 Å². The summed E-state index contributed by atoms with van der Waals surface area (Å²) in [4.78, 5) is 12.3. The van der Waals surface area contributed by atoms with Crippen LogP contribution in [0.5, 0.6) is 0 Å². The van der Waals surface area contributed by atoms with Crippen LogP contribution in [-0.2, 0) is 10.1 Å². The number of hydrogen-bond donors (Lipinski definition) is 3. The molecule has 0 saturated heterocycles. The third kappa shape index (κ3) is 3.73. The summed E-state index contributed by atoms with van der Waals surface area (Å²) in [6, 6.07) is 14.6. The molecule has 0 aliphatic heterocycles. The number of benzene rings is 2. The monoisotopic (exact) mass is 372 g/mol. The Morgan fingerprint density at radius 1 is 1.12 bits per heavy atom. The fraction of sp³-hybridized carbons (Fsp3) is 0.0588. The molecule has 3 N–H and O–H groups in total. The van der Waals surface area contributed by atoms with Gasteiger partial charge in [-0.15, -0.1) is 0 Å². The van der Waals surface area contributed by atoms with Crippen LogP contribution in [0.15, 0.2) is 69.4 Å². The van der Waals surface area contributed by atoms with Crippen LogP contribution in [0.2, 0.25) is 0 Å². The minimum atomic E-state index is -4.23. The standard InChI is InChI=1S/C17H16N4O4S/c1-12-16(17(22)21(20-12)14-5-3-2-4-6-14)11-18-19-13-7-9-15(10-8-13)26(23,24)25/h2-11,19-20H,1H3,(H,23,24,25)/b18-11+. The maximum atomic E-state index is 12.5. The third-order valence-electron chi connectivity index (χ3n) is 3.67. The molecule has 1 aromatic heterocycles. The highest BCUT2D eigenvalue weighted by Gasteiger charge is 2.10. The Hall–Kier alpha value is -3.17. The highest BCUT2D eigenvalue weighted by Crippen LogP contribution is 2.13. The first-order valence-electron chi connectivity index (χ1n) is 7.60. The van der Waals surface area contributed by atoms with Gasteiger partial charge in [0.1, 0.15) is 0 Å². The van der Waals surface area contributed by atoms with Gasteiger partial charge in [0.2, 0.25) is 0 Å². The van der Waals surface area contributed by atoms with E-state index in [0.29, 0.717) is 22.6 Å². The third-order valence-corrected chi connectivity index (χ3v) is 4.54. The molecule has 0 aliphatic rings. The summed E-state index contributed by atoms with van der Waals surface area (Å²) in [5, 5.41) is 7.00. The molecule has 9 heteroatoms. The normalized spacial score (nSPS) is 11.8. The summed E-state index contributed by atoms with van der Waals surface area (Å²) in [5.74, 6) is 0. The second-order valence-electron chi connectivity index (χ2n) is 5.50. The van der Waals surface area contributed by atoms with Crippen molar-refractivity contribution in [3.8, 4) is 5.69 Å². The van der Waals surface area contributed by atoms with Crippen molar-refractivity contribution in [2.45, 2.75) is 11.8 Å². The zero-order valence-corrected chi connectivity index (χ0v) is 14.6. The first kappa shape index (κ1) is 17.6. The molecule has 0 radical (unpaired) electrons. The molecular formula is C17H16N4O4S. The quantitative estimate of drug-likeness (QED) is 0.360. The van der Waals surface area contributed by atoms with Gasteiger partial charge < -0.3 is 0 Å². The van der Waals surface area contributed by atoms with Crippen molar-refractivity contribution in [2.24, 2.45) is 5.10 Å². The van der Waals surface area contributed by atoms with E-state index in [4.69, 9.17) is 4.55 Å². The van der Waals surface area contributed by atoms with E-state index < -0.39 is 10.1 Å². The smallest absolute Gasteiger partial charge is 0.294 e. The molecule has 0 amide bonds. The van der Waals surface area contributed by atoms with E-state index in [1.807, 2.05) is 30.3 Å². The Morgan fingerprint density at radius 3 is 2.38 bits per heavy atom. The van der Waals surface area contributed by atoms with Crippen molar-refractivity contribution in [1.82, 2.24) is 9.78 Å². The van der Waals surface area contributed by atoms with Gasteiger partial charge in [-0.25, -0.2) is 4.68 Å². The molecule has 1 heterocycles. The number of anilines is 1. The highest BCUT2D eigenvalue weighted by molar-refractivity contribution is 7.85. The number of hydrogen-bond acceptors (Lipinski definition) is 5. The van der Waals surface area contributed by atoms with Crippen LogP contribution in [0, 0.1) is 6.92 Å². The Morgan fingerprint density at radius 2 is 1.77 bits per heavy atom. The number of para-hydroxylation sites is 1. The van der Waals surface area contributed by atoms with Gasteiger partial charge in [0.05, 0.1) is 28.0 Å². The predicted molar refractivity (Wildman–Crippen MR) is 98.6 cm³/mol. The molecule has 134 valence electrons. The lowest BCUT2D eigenvalue weighted by atomic mass is 10.3. The Bertz CT molecular complexity index is 1100. The number of nitrogens with one attached hydrogen (secondary N) is 2. The first-order valence-corrected chi connectivity index (χ1v) is 9.04. The van der Waals surface area contributed by atoms with Gasteiger partial charge in [0.15, 0.2) is 0 Å². The molecule has 0 bridgehead atoms. The molecule has 0 spiro atoms. The van der Waals surface area contributed by atoms with Gasteiger partial charge in [0.25, 0.3) is 15.7 Å². The lowest BCUT2D eigenvalue weighted by Gasteiger charge is -2.01. The Kier molecular flexibility index (Phi) is 4.74. The topological polar surface area (TPSA) is 117 Å². The van der Waals surface area contributed by atoms with Crippen LogP contribution >= 0.6 is 0 Å². The maximum absolute atomic E-state index is 12.5.